The minimum absolute atomic E-state index is 0. The number of guanidine groups is 1. The highest BCUT2D eigenvalue weighted by Crippen LogP contribution is 2.18. The van der Waals surface area contributed by atoms with Crippen molar-refractivity contribution in [1.82, 2.24) is 25.3 Å². The number of aliphatic imine (C=N–C) groups is 1. The molecular weight excluding hydrogens is 513 g/mol. The molecule has 12 heteroatoms. The zero-order valence-corrected chi connectivity index (χ0v) is 20.0. The highest BCUT2D eigenvalue weighted by molar-refractivity contribution is 14.0. The number of nitrogens with zero attached hydrogens (tertiary/aromatic N) is 4. The minimum atomic E-state index is -3.56. The van der Waals surface area contributed by atoms with Gasteiger partial charge in [-0.2, -0.15) is 0 Å². The summed E-state index contributed by atoms with van der Waals surface area (Å²) >= 11 is 1.57. The van der Waals surface area contributed by atoms with Crippen molar-refractivity contribution in [2.24, 2.45) is 4.99 Å². The standard InChI is InChI=1S/C16H25N7O2S2.HI/c1-4-18-15(20-10-13-12-26-16(22-13)23(2)3)19-8-9-21-27(24,25)14-6-5-7-17-11-14;/h5-7,11-12,21H,4,8-10H2,1-3H3,(H2,18,19,20);1H. The fraction of sp³-hybridized carbons (Fsp3) is 0.438. The second kappa shape index (κ2) is 12.1. The van der Waals surface area contributed by atoms with Gasteiger partial charge in [-0.15, -0.1) is 35.3 Å². The summed E-state index contributed by atoms with van der Waals surface area (Å²) in [6, 6.07) is 3.09. The van der Waals surface area contributed by atoms with Crippen LogP contribution in [0.25, 0.3) is 0 Å². The van der Waals surface area contributed by atoms with Crippen LogP contribution in [-0.2, 0) is 16.6 Å². The molecule has 0 saturated carbocycles. The molecule has 0 radical (unpaired) electrons. The molecular formula is C16H26IN7O2S2. The van der Waals surface area contributed by atoms with Gasteiger partial charge < -0.3 is 15.5 Å². The summed E-state index contributed by atoms with van der Waals surface area (Å²) in [5.41, 5.74) is 0.887. The molecule has 0 unspecified atom stereocenters. The molecule has 9 nitrogen and oxygen atoms in total. The molecule has 0 aliphatic rings. The maximum atomic E-state index is 12.1. The maximum Gasteiger partial charge on any atom is 0.242 e. The number of sulfonamides is 1. The van der Waals surface area contributed by atoms with Crippen LogP contribution in [0.4, 0.5) is 5.13 Å². The molecule has 2 rings (SSSR count). The second-order valence-corrected chi connectivity index (χ2v) is 8.33. The van der Waals surface area contributed by atoms with Gasteiger partial charge in [-0.1, -0.05) is 0 Å². The third-order valence-electron chi connectivity index (χ3n) is 3.32. The van der Waals surface area contributed by atoms with Crippen LogP contribution in [0.1, 0.15) is 12.6 Å². The summed E-state index contributed by atoms with van der Waals surface area (Å²) in [4.78, 5) is 14.9. The summed E-state index contributed by atoms with van der Waals surface area (Å²) in [7, 11) is 0.340. The van der Waals surface area contributed by atoms with E-state index in [9.17, 15) is 8.42 Å². The van der Waals surface area contributed by atoms with E-state index in [4.69, 9.17) is 0 Å². The van der Waals surface area contributed by atoms with Crippen LogP contribution in [-0.4, -0.2) is 58.1 Å². The SMILES string of the molecule is CCNC(=NCc1csc(N(C)C)n1)NCCNS(=O)(=O)c1cccnc1.I. The van der Waals surface area contributed by atoms with E-state index in [2.05, 4.69) is 30.3 Å². The first-order chi connectivity index (χ1) is 12.9. The van der Waals surface area contributed by atoms with Gasteiger partial charge in [0.25, 0.3) is 0 Å². The molecule has 0 amide bonds. The van der Waals surface area contributed by atoms with Crippen molar-refractivity contribution in [3.63, 3.8) is 0 Å². The average molecular weight is 539 g/mol. The highest BCUT2D eigenvalue weighted by atomic mass is 127. The van der Waals surface area contributed by atoms with E-state index in [0.29, 0.717) is 25.6 Å². The van der Waals surface area contributed by atoms with Crippen LogP contribution in [0.3, 0.4) is 0 Å². The van der Waals surface area contributed by atoms with Gasteiger partial charge >= 0.3 is 0 Å². The number of halogens is 1. The van der Waals surface area contributed by atoms with Crippen LogP contribution in [0.5, 0.6) is 0 Å². The Morgan fingerprint density at radius 2 is 2.07 bits per heavy atom. The van der Waals surface area contributed by atoms with E-state index in [1.807, 2.05) is 31.3 Å². The van der Waals surface area contributed by atoms with E-state index >= 15 is 0 Å². The van der Waals surface area contributed by atoms with Crippen LogP contribution in [0.15, 0.2) is 39.8 Å². The molecule has 0 atom stereocenters. The van der Waals surface area contributed by atoms with Crippen molar-refractivity contribution >= 4 is 56.4 Å². The monoisotopic (exact) mass is 539 g/mol. The van der Waals surface area contributed by atoms with Crippen molar-refractivity contribution in [3.05, 3.63) is 35.6 Å². The molecule has 2 aromatic heterocycles. The lowest BCUT2D eigenvalue weighted by Gasteiger charge is -2.12. The zero-order valence-electron chi connectivity index (χ0n) is 16.0. The Bertz CT molecular complexity index is 842. The van der Waals surface area contributed by atoms with E-state index in [1.165, 1.54) is 18.5 Å². The number of pyridine rings is 1. The van der Waals surface area contributed by atoms with E-state index in [0.717, 1.165) is 10.8 Å². The molecule has 0 saturated heterocycles. The Morgan fingerprint density at radius 3 is 2.68 bits per heavy atom. The Kier molecular flexibility index (Phi) is 10.6. The molecule has 156 valence electrons. The van der Waals surface area contributed by atoms with Gasteiger partial charge in [-0.05, 0) is 19.1 Å². The smallest absolute Gasteiger partial charge is 0.242 e. The van der Waals surface area contributed by atoms with Gasteiger partial charge in [0.1, 0.15) is 4.90 Å². The van der Waals surface area contributed by atoms with Gasteiger partial charge in [0, 0.05) is 51.5 Å². The first-order valence-electron chi connectivity index (χ1n) is 8.46. The molecule has 2 aromatic rings. The Balaban J connectivity index is 0.00000392. The fourth-order valence-electron chi connectivity index (χ4n) is 2.03. The normalized spacial score (nSPS) is 11.6. The first-order valence-corrected chi connectivity index (χ1v) is 10.8. The minimum Gasteiger partial charge on any atom is -0.357 e. The fourth-order valence-corrected chi connectivity index (χ4v) is 3.78. The van der Waals surface area contributed by atoms with Gasteiger partial charge in [0.15, 0.2) is 11.1 Å². The van der Waals surface area contributed by atoms with Gasteiger partial charge in [0.2, 0.25) is 10.0 Å². The van der Waals surface area contributed by atoms with Crippen molar-refractivity contribution in [3.8, 4) is 0 Å². The van der Waals surface area contributed by atoms with E-state index < -0.39 is 10.0 Å². The molecule has 0 fully saturated rings. The first kappa shape index (κ1) is 24.5. The predicted molar refractivity (Wildman–Crippen MR) is 124 cm³/mol. The quantitative estimate of drug-likeness (QED) is 0.190. The Morgan fingerprint density at radius 1 is 1.29 bits per heavy atom. The van der Waals surface area contributed by atoms with Crippen LogP contribution >= 0.6 is 35.3 Å². The third-order valence-corrected chi connectivity index (χ3v) is 5.82. The number of thiazole rings is 1. The van der Waals surface area contributed by atoms with Crippen molar-refractivity contribution in [2.45, 2.75) is 18.4 Å². The largest absolute Gasteiger partial charge is 0.357 e. The molecule has 0 aliphatic carbocycles. The Hall–Kier alpha value is -1.51. The summed E-state index contributed by atoms with van der Waals surface area (Å²) in [6.45, 7) is 3.73. The lowest BCUT2D eigenvalue weighted by atomic mass is 10.5. The Labute approximate surface area is 187 Å². The summed E-state index contributed by atoms with van der Waals surface area (Å²) < 4.78 is 26.8. The molecule has 3 N–H and O–H groups in total. The lowest BCUT2D eigenvalue weighted by Crippen LogP contribution is -2.41. The number of aromatic nitrogens is 2. The van der Waals surface area contributed by atoms with Crippen molar-refractivity contribution in [1.29, 1.82) is 0 Å². The van der Waals surface area contributed by atoms with Crippen LogP contribution in [0, 0.1) is 0 Å². The summed E-state index contributed by atoms with van der Waals surface area (Å²) in [5.74, 6) is 0.609. The number of rotatable bonds is 9. The van der Waals surface area contributed by atoms with Gasteiger partial charge in [0.05, 0.1) is 12.2 Å². The molecule has 0 bridgehead atoms. The number of anilines is 1. The number of hydrogen-bond acceptors (Lipinski definition) is 7. The lowest BCUT2D eigenvalue weighted by molar-refractivity contribution is 0.580. The molecule has 0 aliphatic heterocycles. The molecule has 28 heavy (non-hydrogen) atoms. The van der Waals surface area contributed by atoms with Gasteiger partial charge in [-0.3, -0.25) is 4.98 Å². The average Bonchev–Trinajstić information content (AvgIpc) is 3.13. The van der Waals surface area contributed by atoms with E-state index in [-0.39, 0.29) is 35.4 Å². The van der Waals surface area contributed by atoms with Crippen molar-refractivity contribution in [2.75, 3.05) is 38.6 Å². The molecule has 2 heterocycles. The zero-order chi connectivity index (χ0) is 19.7. The molecule has 0 spiro atoms. The van der Waals surface area contributed by atoms with Crippen LogP contribution < -0.4 is 20.3 Å². The number of nitrogens with one attached hydrogen (secondary N) is 3. The van der Waals surface area contributed by atoms with Gasteiger partial charge in [-0.25, -0.2) is 23.1 Å². The highest BCUT2D eigenvalue weighted by Gasteiger charge is 2.12. The van der Waals surface area contributed by atoms with E-state index in [1.54, 1.807) is 17.4 Å². The third kappa shape index (κ3) is 7.85. The van der Waals surface area contributed by atoms with Crippen LogP contribution in [0.2, 0.25) is 0 Å². The predicted octanol–water partition coefficient (Wildman–Crippen LogP) is 1.26. The second-order valence-electron chi connectivity index (χ2n) is 5.72. The topological polar surface area (TPSA) is 112 Å². The summed E-state index contributed by atoms with van der Waals surface area (Å²) in [6.07, 6.45) is 2.85. The molecule has 0 aromatic carbocycles. The van der Waals surface area contributed by atoms with Crippen molar-refractivity contribution < 1.29 is 8.42 Å². The number of hydrogen-bond donors (Lipinski definition) is 3. The summed E-state index contributed by atoms with van der Waals surface area (Å²) in [5, 5.41) is 9.14. The maximum absolute atomic E-state index is 12.1.